The molecule has 2 rings (SSSR count). The Hall–Kier alpha value is -0.860. The van der Waals surface area contributed by atoms with Crippen molar-refractivity contribution in [2.45, 2.75) is 39.8 Å². The van der Waals surface area contributed by atoms with Crippen LogP contribution in [0.15, 0.2) is 30.3 Å². The number of hydrogen-bond donors (Lipinski definition) is 1. The minimum absolute atomic E-state index is 0.542. The lowest BCUT2D eigenvalue weighted by molar-refractivity contribution is 0.124. The highest BCUT2D eigenvalue weighted by Crippen LogP contribution is 2.23. The molecule has 1 heterocycles. The predicted molar refractivity (Wildman–Crippen MR) is 75.2 cm³/mol. The van der Waals surface area contributed by atoms with Crippen molar-refractivity contribution < 1.29 is 0 Å². The number of benzene rings is 1. The van der Waals surface area contributed by atoms with E-state index in [0.29, 0.717) is 12.1 Å². The fraction of sp³-hybridized carbons (Fsp3) is 0.600. The molecule has 96 valence electrons. The van der Waals surface area contributed by atoms with Gasteiger partial charge in [0.15, 0.2) is 0 Å². The minimum atomic E-state index is 0.542. The van der Waals surface area contributed by atoms with Crippen molar-refractivity contribution in [3.63, 3.8) is 0 Å². The quantitative estimate of drug-likeness (QED) is 0.846. The number of nitrogens with one attached hydrogen (secondary N) is 1. The minimum Gasteiger partial charge on any atom is -0.314 e. The van der Waals surface area contributed by atoms with E-state index in [4.69, 9.17) is 0 Å². The second kappa shape index (κ2) is 7.46. The zero-order valence-electron chi connectivity index (χ0n) is 11.6. The molecule has 2 heteroatoms. The van der Waals surface area contributed by atoms with Crippen molar-refractivity contribution >= 4 is 0 Å². The molecule has 2 nitrogen and oxygen atoms in total. The van der Waals surface area contributed by atoms with Crippen molar-refractivity contribution in [1.82, 2.24) is 10.2 Å². The monoisotopic (exact) mass is 234 g/mol. The standard InChI is InChI=1S/C13H20N2.C2H6/c1-11(2)15-9-8-14-10-13(15)12-6-4-3-5-7-12;1-2/h3-7,11,13-14H,8-10H2,1-2H3;1-2H3. The summed E-state index contributed by atoms with van der Waals surface area (Å²) in [5, 5.41) is 3.48. The largest absolute Gasteiger partial charge is 0.314 e. The second-order valence-corrected chi connectivity index (χ2v) is 4.46. The molecule has 17 heavy (non-hydrogen) atoms. The van der Waals surface area contributed by atoms with E-state index < -0.39 is 0 Å². The Morgan fingerprint density at radius 1 is 1.18 bits per heavy atom. The molecule has 1 N–H and O–H groups in total. The van der Waals surface area contributed by atoms with Crippen LogP contribution in [0.2, 0.25) is 0 Å². The Morgan fingerprint density at radius 3 is 2.41 bits per heavy atom. The molecular weight excluding hydrogens is 208 g/mol. The van der Waals surface area contributed by atoms with Crippen molar-refractivity contribution in [2.75, 3.05) is 19.6 Å². The molecule has 1 aromatic carbocycles. The normalized spacial score (nSPS) is 20.9. The number of piperazine rings is 1. The number of nitrogens with zero attached hydrogens (tertiary/aromatic N) is 1. The molecule has 0 saturated carbocycles. The zero-order chi connectivity index (χ0) is 12.7. The highest BCUT2D eigenvalue weighted by molar-refractivity contribution is 5.20. The third kappa shape index (κ3) is 3.83. The summed E-state index contributed by atoms with van der Waals surface area (Å²) in [7, 11) is 0. The molecule has 1 aliphatic rings. The lowest BCUT2D eigenvalue weighted by Gasteiger charge is -2.39. The third-order valence-electron chi connectivity index (χ3n) is 3.13. The van der Waals surface area contributed by atoms with Gasteiger partial charge in [0.25, 0.3) is 0 Å². The third-order valence-corrected chi connectivity index (χ3v) is 3.13. The number of hydrogen-bond acceptors (Lipinski definition) is 2. The molecular formula is C15H26N2. The smallest absolute Gasteiger partial charge is 0.0475 e. The van der Waals surface area contributed by atoms with Gasteiger partial charge in [0.05, 0.1) is 0 Å². The van der Waals surface area contributed by atoms with E-state index in [0.717, 1.165) is 19.6 Å². The van der Waals surface area contributed by atoms with Gasteiger partial charge in [-0.05, 0) is 19.4 Å². The van der Waals surface area contributed by atoms with Gasteiger partial charge in [-0.3, -0.25) is 4.90 Å². The summed E-state index contributed by atoms with van der Waals surface area (Å²) in [6, 6.07) is 12.0. The summed E-state index contributed by atoms with van der Waals surface area (Å²) < 4.78 is 0. The molecule has 0 spiro atoms. The van der Waals surface area contributed by atoms with Crippen LogP contribution in [0.3, 0.4) is 0 Å². The van der Waals surface area contributed by atoms with Gasteiger partial charge >= 0.3 is 0 Å². The van der Waals surface area contributed by atoms with Crippen LogP contribution in [-0.4, -0.2) is 30.6 Å². The van der Waals surface area contributed by atoms with Gasteiger partial charge < -0.3 is 5.32 Å². The summed E-state index contributed by atoms with van der Waals surface area (Å²) in [4.78, 5) is 2.58. The fourth-order valence-electron chi connectivity index (χ4n) is 2.32. The van der Waals surface area contributed by atoms with Crippen LogP contribution in [0, 0.1) is 0 Å². The Bertz CT molecular complexity index is 295. The van der Waals surface area contributed by atoms with Crippen LogP contribution < -0.4 is 5.32 Å². The van der Waals surface area contributed by atoms with E-state index in [1.807, 2.05) is 13.8 Å². The van der Waals surface area contributed by atoms with Crippen LogP contribution in [0.1, 0.15) is 39.3 Å². The van der Waals surface area contributed by atoms with Gasteiger partial charge in [-0.2, -0.15) is 0 Å². The van der Waals surface area contributed by atoms with Crippen molar-refractivity contribution in [3.8, 4) is 0 Å². The highest BCUT2D eigenvalue weighted by Gasteiger charge is 2.25. The summed E-state index contributed by atoms with van der Waals surface area (Å²) >= 11 is 0. The summed E-state index contributed by atoms with van der Waals surface area (Å²) in [6.07, 6.45) is 0. The van der Waals surface area contributed by atoms with E-state index in [-0.39, 0.29) is 0 Å². The van der Waals surface area contributed by atoms with Crippen LogP contribution >= 0.6 is 0 Å². The molecule has 0 amide bonds. The Kier molecular flexibility index (Phi) is 6.23. The first-order valence-electron chi connectivity index (χ1n) is 6.80. The molecule has 1 aromatic rings. The predicted octanol–water partition coefficient (Wildman–Crippen LogP) is 3.07. The maximum Gasteiger partial charge on any atom is 0.0475 e. The molecule has 1 atom stereocenters. The maximum atomic E-state index is 3.48. The van der Waals surface area contributed by atoms with Crippen LogP contribution in [0.5, 0.6) is 0 Å². The summed E-state index contributed by atoms with van der Waals surface area (Å²) in [6.45, 7) is 11.9. The highest BCUT2D eigenvalue weighted by atomic mass is 15.2. The van der Waals surface area contributed by atoms with Crippen LogP contribution in [0.25, 0.3) is 0 Å². The molecule has 1 saturated heterocycles. The van der Waals surface area contributed by atoms with E-state index in [2.05, 4.69) is 54.4 Å². The van der Waals surface area contributed by atoms with Crippen molar-refractivity contribution in [3.05, 3.63) is 35.9 Å². The molecule has 1 unspecified atom stereocenters. The zero-order valence-corrected chi connectivity index (χ0v) is 11.6. The van der Waals surface area contributed by atoms with Gasteiger partial charge in [-0.1, -0.05) is 44.2 Å². The first kappa shape index (κ1) is 14.2. The van der Waals surface area contributed by atoms with Gasteiger partial charge in [0.2, 0.25) is 0 Å². The maximum absolute atomic E-state index is 3.48. The lowest BCUT2D eigenvalue weighted by atomic mass is 10.0. The molecule has 0 aliphatic carbocycles. The van der Waals surface area contributed by atoms with E-state index in [9.17, 15) is 0 Å². The first-order chi connectivity index (χ1) is 8.29. The van der Waals surface area contributed by atoms with Crippen molar-refractivity contribution in [1.29, 1.82) is 0 Å². The molecule has 0 aromatic heterocycles. The van der Waals surface area contributed by atoms with Crippen LogP contribution in [0.4, 0.5) is 0 Å². The molecule has 0 bridgehead atoms. The first-order valence-corrected chi connectivity index (χ1v) is 6.80. The summed E-state index contributed by atoms with van der Waals surface area (Å²) in [5.41, 5.74) is 1.43. The average Bonchev–Trinajstić information content (AvgIpc) is 2.42. The molecule has 1 aliphatic heterocycles. The molecule has 1 fully saturated rings. The SMILES string of the molecule is CC.CC(C)N1CCNCC1c1ccccc1. The van der Waals surface area contributed by atoms with E-state index in [1.165, 1.54) is 5.56 Å². The fourth-order valence-corrected chi connectivity index (χ4v) is 2.32. The van der Waals surface area contributed by atoms with Gasteiger partial charge in [-0.15, -0.1) is 0 Å². The summed E-state index contributed by atoms with van der Waals surface area (Å²) in [5.74, 6) is 0. The van der Waals surface area contributed by atoms with E-state index in [1.54, 1.807) is 0 Å². The number of rotatable bonds is 2. The van der Waals surface area contributed by atoms with Gasteiger partial charge in [0.1, 0.15) is 0 Å². The van der Waals surface area contributed by atoms with E-state index >= 15 is 0 Å². The Balaban J connectivity index is 0.000000686. The lowest BCUT2D eigenvalue weighted by Crippen LogP contribution is -2.48. The topological polar surface area (TPSA) is 15.3 Å². The van der Waals surface area contributed by atoms with Crippen LogP contribution in [-0.2, 0) is 0 Å². The van der Waals surface area contributed by atoms with Gasteiger partial charge in [0, 0.05) is 31.7 Å². The second-order valence-electron chi connectivity index (χ2n) is 4.46. The Labute approximate surface area is 106 Å². The molecule has 0 radical (unpaired) electrons. The average molecular weight is 234 g/mol. The van der Waals surface area contributed by atoms with Crippen molar-refractivity contribution in [2.24, 2.45) is 0 Å². The Morgan fingerprint density at radius 2 is 1.82 bits per heavy atom. The van der Waals surface area contributed by atoms with Gasteiger partial charge in [-0.25, -0.2) is 0 Å².